The highest BCUT2D eigenvalue weighted by Gasteiger charge is 2.40. The molecule has 1 aromatic carbocycles. The highest BCUT2D eigenvalue weighted by molar-refractivity contribution is 5.88. The van der Waals surface area contributed by atoms with Gasteiger partial charge in [0.15, 0.2) is 0 Å². The first-order valence-corrected chi connectivity index (χ1v) is 6.17. The van der Waals surface area contributed by atoms with Gasteiger partial charge in [0.25, 0.3) is 0 Å². The van der Waals surface area contributed by atoms with Crippen molar-refractivity contribution in [3.63, 3.8) is 0 Å². The van der Waals surface area contributed by atoms with Crippen molar-refractivity contribution in [3.8, 4) is 5.75 Å². The van der Waals surface area contributed by atoms with Crippen molar-refractivity contribution in [1.29, 1.82) is 0 Å². The van der Waals surface area contributed by atoms with E-state index in [2.05, 4.69) is 5.32 Å². The number of ether oxygens (including phenoxy) is 2. The minimum atomic E-state index is -0.943. The minimum Gasteiger partial charge on any atom is -0.497 e. The molecular formula is C14H22N2O3. The number of amides is 1. The fraction of sp³-hybridized carbons (Fsp3) is 0.500. The molecule has 3 N–H and O–H groups in total. The molecule has 0 saturated heterocycles. The number of methoxy groups -OCH3 is 2. The first kappa shape index (κ1) is 15.3. The second kappa shape index (κ2) is 6.43. The van der Waals surface area contributed by atoms with Crippen LogP contribution in [0.15, 0.2) is 24.3 Å². The Morgan fingerprint density at radius 3 is 2.58 bits per heavy atom. The zero-order valence-corrected chi connectivity index (χ0v) is 11.9. The number of primary amides is 1. The van der Waals surface area contributed by atoms with Gasteiger partial charge in [-0.1, -0.05) is 19.9 Å². The largest absolute Gasteiger partial charge is 0.497 e. The molecule has 1 rings (SSSR count). The van der Waals surface area contributed by atoms with E-state index in [1.807, 2.05) is 38.1 Å². The first-order valence-electron chi connectivity index (χ1n) is 6.17. The van der Waals surface area contributed by atoms with Gasteiger partial charge in [0.2, 0.25) is 5.91 Å². The van der Waals surface area contributed by atoms with Gasteiger partial charge < -0.3 is 20.5 Å². The van der Waals surface area contributed by atoms with Crippen molar-refractivity contribution in [2.24, 2.45) is 11.7 Å². The summed E-state index contributed by atoms with van der Waals surface area (Å²) in [6.45, 7) is 4.06. The standard InChI is InChI=1S/C14H22N2O3/c1-10(2)14(9-18-3,13(15)17)16-11-6-5-7-12(8-11)19-4/h5-8,10,16H,9H2,1-4H3,(H2,15,17). The Labute approximate surface area is 114 Å². The topological polar surface area (TPSA) is 73.6 Å². The van der Waals surface area contributed by atoms with Crippen LogP contribution in [0.3, 0.4) is 0 Å². The molecule has 5 heteroatoms. The van der Waals surface area contributed by atoms with E-state index >= 15 is 0 Å². The predicted octanol–water partition coefficient (Wildman–Crippen LogP) is 1.63. The summed E-state index contributed by atoms with van der Waals surface area (Å²) in [6.07, 6.45) is 0. The highest BCUT2D eigenvalue weighted by Crippen LogP contribution is 2.26. The van der Waals surface area contributed by atoms with Crippen LogP contribution in [0, 0.1) is 5.92 Å². The number of nitrogens with one attached hydrogen (secondary N) is 1. The number of hydrogen-bond acceptors (Lipinski definition) is 4. The summed E-state index contributed by atoms with van der Waals surface area (Å²) in [5.41, 5.74) is 5.39. The Kier molecular flexibility index (Phi) is 5.18. The maximum absolute atomic E-state index is 11.9. The molecule has 0 heterocycles. The third-order valence-electron chi connectivity index (χ3n) is 3.23. The molecule has 5 nitrogen and oxygen atoms in total. The van der Waals surface area contributed by atoms with Crippen LogP contribution in [0.5, 0.6) is 5.75 Å². The van der Waals surface area contributed by atoms with Gasteiger partial charge in [-0.3, -0.25) is 4.79 Å². The van der Waals surface area contributed by atoms with Crippen LogP contribution in [0.1, 0.15) is 13.8 Å². The summed E-state index contributed by atoms with van der Waals surface area (Å²) in [5.74, 6) is 0.257. The second-order valence-electron chi connectivity index (χ2n) is 4.78. The van der Waals surface area contributed by atoms with Crippen molar-refractivity contribution in [1.82, 2.24) is 0 Å². The lowest BCUT2D eigenvalue weighted by Gasteiger charge is -2.35. The second-order valence-corrected chi connectivity index (χ2v) is 4.78. The van der Waals surface area contributed by atoms with E-state index in [-0.39, 0.29) is 12.5 Å². The summed E-state index contributed by atoms with van der Waals surface area (Å²) in [7, 11) is 3.14. The van der Waals surface area contributed by atoms with Crippen LogP contribution in [-0.2, 0) is 9.53 Å². The number of anilines is 1. The molecule has 1 atom stereocenters. The molecule has 0 bridgehead atoms. The van der Waals surface area contributed by atoms with Gasteiger partial charge in [-0.2, -0.15) is 0 Å². The average Bonchev–Trinajstić information content (AvgIpc) is 2.37. The van der Waals surface area contributed by atoms with Crippen LogP contribution >= 0.6 is 0 Å². The van der Waals surface area contributed by atoms with Crippen LogP contribution in [0.25, 0.3) is 0 Å². The number of carbonyl (C=O) groups is 1. The molecule has 0 aliphatic carbocycles. The van der Waals surface area contributed by atoms with Crippen molar-refractivity contribution in [2.45, 2.75) is 19.4 Å². The molecule has 1 unspecified atom stereocenters. The Morgan fingerprint density at radius 2 is 2.11 bits per heavy atom. The molecule has 1 amide bonds. The van der Waals surface area contributed by atoms with E-state index in [4.69, 9.17) is 15.2 Å². The Bertz CT molecular complexity index is 434. The van der Waals surface area contributed by atoms with Gasteiger partial charge in [0, 0.05) is 18.9 Å². The maximum Gasteiger partial charge on any atom is 0.245 e. The third-order valence-corrected chi connectivity index (χ3v) is 3.23. The fourth-order valence-electron chi connectivity index (χ4n) is 1.95. The van der Waals surface area contributed by atoms with Crippen LogP contribution in [0.4, 0.5) is 5.69 Å². The monoisotopic (exact) mass is 266 g/mol. The summed E-state index contributed by atoms with van der Waals surface area (Å²) < 4.78 is 10.3. The van der Waals surface area contributed by atoms with E-state index in [9.17, 15) is 4.79 Å². The predicted molar refractivity (Wildman–Crippen MR) is 75.3 cm³/mol. The maximum atomic E-state index is 11.9. The number of rotatable bonds is 7. The molecule has 19 heavy (non-hydrogen) atoms. The van der Waals surface area contributed by atoms with Gasteiger partial charge in [-0.25, -0.2) is 0 Å². The minimum absolute atomic E-state index is 0.0175. The van der Waals surface area contributed by atoms with Gasteiger partial charge in [0.05, 0.1) is 13.7 Å². The molecule has 0 radical (unpaired) electrons. The smallest absolute Gasteiger partial charge is 0.245 e. The highest BCUT2D eigenvalue weighted by atomic mass is 16.5. The third kappa shape index (κ3) is 3.38. The molecule has 1 aromatic rings. The van der Waals surface area contributed by atoms with Gasteiger partial charge in [-0.15, -0.1) is 0 Å². The Morgan fingerprint density at radius 1 is 1.42 bits per heavy atom. The van der Waals surface area contributed by atoms with Crippen molar-refractivity contribution >= 4 is 11.6 Å². The summed E-state index contributed by atoms with van der Waals surface area (Å²) in [4.78, 5) is 11.9. The van der Waals surface area contributed by atoms with Crippen molar-refractivity contribution in [2.75, 3.05) is 26.1 Å². The molecule has 0 saturated carbocycles. The molecule has 0 spiro atoms. The van der Waals surface area contributed by atoms with E-state index in [1.165, 1.54) is 0 Å². The quantitative estimate of drug-likeness (QED) is 0.786. The molecule has 106 valence electrons. The molecule has 0 aliphatic rings. The van der Waals surface area contributed by atoms with E-state index in [0.717, 1.165) is 5.69 Å². The van der Waals surface area contributed by atoms with Crippen LogP contribution in [-0.4, -0.2) is 32.3 Å². The number of benzene rings is 1. The SMILES string of the molecule is COCC(Nc1cccc(OC)c1)(C(N)=O)C(C)C. The van der Waals surface area contributed by atoms with Crippen molar-refractivity contribution in [3.05, 3.63) is 24.3 Å². The summed E-state index contributed by atoms with van der Waals surface area (Å²) in [5, 5.41) is 3.19. The normalized spacial score (nSPS) is 13.9. The van der Waals surface area contributed by atoms with Gasteiger partial charge in [0.1, 0.15) is 11.3 Å². The lowest BCUT2D eigenvalue weighted by Crippen LogP contribution is -2.57. The fourth-order valence-corrected chi connectivity index (χ4v) is 1.95. The lowest BCUT2D eigenvalue weighted by atomic mass is 9.86. The number of carbonyl (C=O) groups excluding carboxylic acids is 1. The Balaban J connectivity index is 3.08. The molecule has 0 fully saturated rings. The van der Waals surface area contributed by atoms with Crippen LogP contribution < -0.4 is 15.8 Å². The van der Waals surface area contributed by atoms with E-state index in [1.54, 1.807) is 14.2 Å². The zero-order chi connectivity index (χ0) is 14.5. The van der Waals surface area contributed by atoms with E-state index < -0.39 is 11.4 Å². The summed E-state index contributed by atoms with van der Waals surface area (Å²) >= 11 is 0. The van der Waals surface area contributed by atoms with Crippen LogP contribution in [0.2, 0.25) is 0 Å². The molecule has 0 aliphatic heterocycles. The number of nitrogens with two attached hydrogens (primary N) is 1. The lowest BCUT2D eigenvalue weighted by molar-refractivity contribution is -0.125. The van der Waals surface area contributed by atoms with E-state index in [0.29, 0.717) is 5.75 Å². The molecular weight excluding hydrogens is 244 g/mol. The van der Waals surface area contributed by atoms with Gasteiger partial charge >= 0.3 is 0 Å². The summed E-state index contributed by atoms with van der Waals surface area (Å²) in [6, 6.07) is 7.36. The van der Waals surface area contributed by atoms with Crippen molar-refractivity contribution < 1.29 is 14.3 Å². The zero-order valence-electron chi connectivity index (χ0n) is 11.9. The average molecular weight is 266 g/mol. The molecule has 0 aromatic heterocycles. The first-order chi connectivity index (χ1) is 8.96. The number of hydrogen-bond donors (Lipinski definition) is 2. The Hall–Kier alpha value is -1.75. The van der Waals surface area contributed by atoms with Gasteiger partial charge in [-0.05, 0) is 18.1 Å².